The largest absolute Gasteiger partial charge is 0.476 e. The summed E-state index contributed by atoms with van der Waals surface area (Å²) in [4.78, 5) is 45.4. The van der Waals surface area contributed by atoms with Gasteiger partial charge in [-0.2, -0.15) is 4.98 Å². The predicted molar refractivity (Wildman–Crippen MR) is 152 cm³/mol. The second kappa shape index (κ2) is 10.5. The second-order valence-corrected chi connectivity index (χ2v) is 9.47. The molecule has 3 aromatic heterocycles. The number of para-hydroxylation sites is 1. The number of aryl methyl sites for hydroxylation is 1. The molecule has 11 heteroatoms. The van der Waals surface area contributed by atoms with Crippen molar-refractivity contribution < 1.29 is 9.53 Å². The summed E-state index contributed by atoms with van der Waals surface area (Å²) in [7, 11) is 3.93. The van der Waals surface area contributed by atoms with Gasteiger partial charge in [0.25, 0.3) is 11.5 Å². The van der Waals surface area contributed by atoms with E-state index in [1.165, 1.54) is 10.6 Å². The maximum atomic E-state index is 14.2. The van der Waals surface area contributed by atoms with E-state index in [-0.39, 0.29) is 17.4 Å². The summed E-state index contributed by atoms with van der Waals surface area (Å²) in [6.07, 6.45) is 4.47. The van der Waals surface area contributed by atoms with Crippen LogP contribution in [-0.4, -0.2) is 70.7 Å². The van der Waals surface area contributed by atoms with Gasteiger partial charge in [-0.05, 0) is 50.9 Å². The number of nitrogen functional groups attached to an aromatic ring is 1. The van der Waals surface area contributed by atoms with Crippen molar-refractivity contribution in [3.05, 3.63) is 77.4 Å². The quantitative estimate of drug-likeness (QED) is 0.362. The van der Waals surface area contributed by atoms with Gasteiger partial charge >= 0.3 is 0 Å². The number of pyridine rings is 2. The summed E-state index contributed by atoms with van der Waals surface area (Å²) in [5.41, 5.74) is 9.30. The number of nitrogens with two attached hydrogens (primary N) is 1. The van der Waals surface area contributed by atoms with Crippen LogP contribution in [0, 0.1) is 6.92 Å². The van der Waals surface area contributed by atoms with E-state index < -0.39 is 0 Å². The Bertz CT molecular complexity index is 1610. The summed E-state index contributed by atoms with van der Waals surface area (Å²) in [6.45, 7) is 7.62. The number of likely N-dealkylation sites (N-methyl/N-ethyl adjacent to an activating group) is 1. The highest BCUT2D eigenvalue weighted by atomic mass is 16.5. The summed E-state index contributed by atoms with van der Waals surface area (Å²) in [5.74, 6) is 0.317. The van der Waals surface area contributed by atoms with Gasteiger partial charge in [0.2, 0.25) is 11.8 Å². The van der Waals surface area contributed by atoms with E-state index in [0.29, 0.717) is 48.0 Å². The maximum absolute atomic E-state index is 14.2. The molecule has 5 rings (SSSR count). The Hall–Kier alpha value is -4.77. The highest BCUT2D eigenvalue weighted by Crippen LogP contribution is 2.39. The summed E-state index contributed by atoms with van der Waals surface area (Å²) < 4.78 is 7.20. The van der Waals surface area contributed by atoms with Crippen LogP contribution >= 0.6 is 0 Å². The first-order chi connectivity index (χ1) is 18.8. The number of carbonyl (C=O) groups is 1. The first-order valence-electron chi connectivity index (χ1n) is 12.5. The molecule has 0 spiro atoms. The Labute approximate surface area is 225 Å². The van der Waals surface area contributed by atoms with Crippen molar-refractivity contribution >= 4 is 40.0 Å². The molecule has 0 aliphatic carbocycles. The number of hydrogen-bond acceptors (Lipinski definition) is 9. The Kier molecular flexibility index (Phi) is 6.99. The average Bonchev–Trinajstić information content (AvgIpc) is 2.92. The smallest absolute Gasteiger partial charge is 0.280 e. The molecule has 2 N–H and O–H groups in total. The lowest BCUT2D eigenvalue weighted by atomic mass is 10.1. The fourth-order valence-corrected chi connectivity index (χ4v) is 4.68. The van der Waals surface area contributed by atoms with Crippen molar-refractivity contribution in [2.75, 3.05) is 55.9 Å². The van der Waals surface area contributed by atoms with Gasteiger partial charge in [0.15, 0.2) is 5.65 Å². The second-order valence-electron chi connectivity index (χ2n) is 9.47. The van der Waals surface area contributed by atoms with Crippen LogP contribution in [0.2, 0.25) is 0 Å². The summed E-state index contributed by atoms with van der Waals surface area (Å²) in [5, 5.41) is 0.629. The number of nitrogens with zero attached hydrogens (tertiary/aromatic N) is 7. The molecular weight excluding hydrogens is 496 g/mol. The molecule has 0 atom stereocenters. The summed E-state index contributed by atoms with van der Waals surface area (Å²) in [6, 6.07) is 11.0. The van der Waals surface area contributed by atoms with Crippen molar-refractivity contribution in [3.8, 4) is 11.6 Å². The van der Waals surface area contributed by atoms with Gasteiger partial charge in [-0.1, -0.05) is 18.7 Å². The molecule has 1 aromatic carbocycles. The van der Waals surface area contributed by atoms with Gasteiger partial charge in [0, 0.05) is 37.3 Å². The van der Waals surface area contributed by atoms with Gasteiger partial charge in [-0.3, -0.25) is 14.2 Å². The highest BCUT2D eigenvalue weighted by molar-refractivity contribution is 6.05. The molecule has 4 heterocycles. The van der Waals surface area contributed by atoms with Crippen LogP contribution in [0.25, 0.3) is 16.7 Å². The molecule has 0 saturated carbocycles. The molecule has 0 fully saturated rings. The van der Waals surface area contributed by atoms with Crippen molar-refractivity contribution in [3.63, 3.8) is 0 Å². The lowest BCUT2D eigenvalue weighted by molar-refractivity contribution is -0.114. The Balaban J connectivity index is 1.64. The minimum absolute atomic E-state index is 0.0533. The van der Waals surface area contributed by atoms with Crippen molar-refractivity contribution in [1.82, 2.24) is 24.4 Å². The van der Waals surface area contributed by atoms with Crippen LogP contribution in [0.15, 0.2) is 66.2 Å². The monoisotopic (exact) mass is 526 g/mol. The minimum Gasteiger partial charge on any atom is -0.476 e. The van der Waals surface area contributed by atoms with E-state index in [1.54, 1.807) is 35.5 Å². The highest BCUT2D eigenvalue weighted by Gasteiger charge is 2.30. The summed E-state index contributed by atoms with van der Waals surface area (Å²) >= 11 is 0. The molecule has 4 aromatic rings. The lowest BCUT2D eigenvalue weighted by Gasteiger charge is -2.38. The van der Waals surface area contributed by atoms with Gasteiger partial charge < -0.3 is 25.2 Å². The zero-order chi connectivity index (χ0) is 27.7. The molecule has 1 aliphatic rings. The topological polar surface area (TPSA) is 123 Å². The van der Waals surface area contributed by atoms with E-state index in [0.717, 1.165) is 23.5 Å². The van der Waals surface area contributed by atoms with E-state index in [4.69, 9.17) is 10.5 Å². The first kappa shape index (κ1) is 25.9. The Morgan fingerprint density at radius 2 is 1.97 bits per heavy atom. The third kappa shape index (κ3) is 4.91. The van der Waals surface area contributed by atoms with Gasteiger partial charge in [-0.25, -0.2) is 9.97 Å². The molecule has 0 unspecified atom stereocenters. The number of benzene rings is 1. The zero-order valence-electron chi connectivity index (χ0n) is 22.2. The molecule has 1 aliphatic heterocycles. The van der Waals surface area contributed by atoms with Crippen molar-refractivity contribution in [2.45, 2.75) is 6.92 Å². The first-order valence-corrected chi connectivity index (χ1v) is 12.5. The zero-order valence-corrected chi connectivity index (χ0v) is 22.2. The molecule has 11 nitrogen and oxygen atoms in total. The van der Waals surface area contributed by atoms with E-state index in [9.17, 15) is 9.59 Å². The van der Waals surface area contributed by atoms with E-state index in [2.05, 4.69) is 21.5 Å². The number of amides is 1. The van der Waals surface area contributed by atoms with Crippen LogP contribution in [0.4, 0.5) is 23.0 Å². The third-order valence-corrected chi connectivity index (χ3v) is 6.56. The fourth-order valence-electron chi connectivity index (χ4n) is 4.68. The predicted octanol–water partition coefficient (Wildman–Crippen LogP) is 2.68. The standard InChI is InChI=1S/C28H30N8O3/c1-5-24(37)35-12-11-34(21-8-6-7-18(2)25(21)35)22-15-19-16-31-28(29)32-26(19)36(27(22)38)20-9-10-23(30-17-20)39-14-13-33(3)4/h5-10,15-17H,1,11-14H2,2-4H3,(H2,29,31,32). The van der Waals surface area contributed by atoms with Crippen LogP contribution in [-0.2, 0) is 4.79 Å². The van der Waals surface area contributed by atoms with E-state index in [1.807, 2.05) is 49.0 Å². The van der Waals surface area contributed by atoms with Crippen molar-refractivity contribution in [1.29, 1.82) is 0 Å². The molecule has 0 saturated heterocycles. The van der Waals surface area contributed by atoms with Crippen LogP contribution in [0.1, 0.15) is 5.56 Å². The number of carbonyl (C=O) groups excluding carboxylic acids is 1. The van der Waals surface area contributed by atoms with Crippen LogP contribution in [0.3, 0.4) is 0 Å². The van der Waals surface area contributed by atoms with Gasteiger partial charge in [-0.15, -0.1) is 0 Å². The van der Waals surface area contributed by atoms with Crippen LogP contribution < -0.4 is 25.8 Å². The molecular formula is C28H30N8O3. The number of ether oxygens (including phenoxy) is 1. The lowest BCUT2D eigenvalue weighted by Crippen LogP contribution is -2.43. The third-order valence-electron chi connectivity index (χ3n) is 6.56. The Morgan fingerprint density at radius 1 is 1.15 bits per heavy atom. The number of fused-ring (bicyclic) bond motifs is 2. The molecule has 200 valence electrons. The molecule has 0 radical (unpaired) electrons. The fraction of sp³-hybridized carbons (Fsp3) is 0.250. The average molecular weight is 527 g/mol. The number of rotatable bonds is 7. The molecule has 1 amide bonds. The number of aromatic nitrogens is 4. The Morgan fingerprint density at radius 3 is 2.69 bits per heavy atom. The van der Waals surface area contributed by atoms with Crippen LogP contribution in [0.5, 0.6) is 5.88 Å². The SMILES string of the molecule is C=CC(=O)N1CCN(c2cc3cnc(N)nc3n(-c3ccc(OCCN(C)C)nc3)c2=O)c2cccc(C)c21. The van der Waals surface area contributed by atoms with E-state index >= 15 is 0 Å². The molecule has 0 bridgehead atoms. The number of hydrogen-bond donors (Lipinski definition) is 1. The van der Waals surface area contributed by atoms with Crippen molar-refractivity contribution in [2.24, 2.45) is 0 Å². The number of anilines is 4. The van der Waals surface area contributed by atoms with Gasteiger partial charge in [0.1, 0.15) is 12.3 Å². The molecule has 39 heavy (non-hydrogen) atoms. The van der Waals surface area contributed by atoms with Gasteiger partial charge in [0.05, 0.1) is 23.3 Å². The minimum atomic E-state index is -0.306. The normalized spacial score (nSPS) is 13.0. The maximum Gasteiger partial charge on any atom is 0.280 e.